The fourth-order valence-corrected chi connectivity index (χ4v) is 3.03. The number of hydrogen-bond acceptors (Lipinski definition) is 5. The van der Waals surface area contributed by atoms with Gasteiger partial charge in [-0.25, -0.2) is 4.99 Å². The van der Waals surface area contributed by atoms with E-state index in [2.05, 4.69) is 15.6 Å². The maximum absolute atomic E-state index is 10.6. The summed E-state index contributed by atoms with van der Waals surface area (Å²) in [6.07, 6.45) is 0. The quantitative estimate of drug-likeness (QED) is 0.356. The molecular formula is C19H27N3O3S. The van der Waals surface area contributed by atoms with Gasteiger partial charge in [-0.05, 0) is 49.6 Å². The van der Waals surface area contributed by atoms with E-state index in [9.17, 15) is 5.11 Å². The van der Waals surface area contributed by atoms with Gasteiger partial charge in [-0.1, -0.05) is 6.07 Å². The van der Waals surface area contributed by atoms with Crippen LogP contribution in [-0.2, 0) is 5.60 Å². The minimum atomic E-state index is -0.976. The molecule has 1 unspecified atom stereocenters. The number of ether oxygens (including phenoxy) is 2. The molecule has 0 radical (unpaired) electrons. The lowest BCUT2D eigenvalue weighted by atomic mass is 10.1. The third-order valence-corrected chi connectivity index (χ3v) is 4.79. The Morgan fingerprint density at radius 2 is 1.92 bits per heavy atom. The van der Waals surface area contributed by atoms with E-state index in [1.54, 1.807) is 14.0 Å². The highest BCUT2D eigenvalue weighted by atomic mass is 32.1. The van der Waals surface area contributed by atoms with E-state index in [1.165, 1.54) is 11.3 Å². The maximum atomic E-state index is 10.6. The van der Waals surface area contributed by atoms with Gasteiger partial charge in [0.15, 0.2) is 5.96 Å². The molecule has 0 spiro atoms. The average molecular weight is 378 g/mol. The van der Waals surface area contributed by atoms with Crippen molar-refractivity contribution in [1.82, 2.24) is 10.6 Å². The van der Waals surface area contributed by atoms with Crippen molar-refractivity contribution in [3.05, 3.63) is 46.7 Å². The molecule has 0 saturated carbocycles. The standard InChI is InChI=1S/C19H27N3O3S/c1-4-20-18(22-14-19(2,23)17-6-5-13-26-17)21-11-12-25-16-9-7-15(24-3)8-10-16/h5-10,13,23H,4,11-12,14H2,1-3H3,(H2,20,21,22). The van der Waals surface area contributed by atoms with E-state index >= 15 is 0 Å². The molecule has 0 aliphatic rings. The highest BCUT2D eigenvalue weighted by Gasteiger charge is 2.23. The predicted octanol–water partition coefficient (Wildman–Crippen LogP) is 2.60. The number of rotatable bonds is 9. The second-order valence-electron chi connectivity index (χ2n) is 5.90. The van der Waals surface area contributed by atoms with Gasteiger partial charge in [0.05, 0.1) is 20.2 Å². The number of aliphatic imine (C=N–C) groups is 1. The van der Waals surface area contributed by atoms with Crippen molar-refractivity contribution in [2.75, 3.05) is 33.4 Å². The van der Waals surface area contributed by atoms with Gasteiger partial charge in [0.25, 0.3) is 0 Å². The summed E-state index contributed by atoms with van der Waals surface area (Å²) in [5.41, 5.74) is -0.976. The van der Waals surface area contributed by atoms with Crippen molar-refractivity contribution < 1.29 is 14.6 Å². The van der Waals surface area contributed by atoms with Gasteiger partial charge in [-0.2, -0.15) is 0 Å². The Kier molecular flexibility index (Phi) is 7.74. The average Bonchev–Trinajstić information content (AvgIpc) is 3.19. The molecule has 1 aromatic carbocycles. The number of methoxy groups -OCH3 is 1. The highest BCUT2D eigenvalue weighted by molar-refractivity contribution is 7.10. The first-order valence-corrected chi connectivity index (χ1v) is 9.48. The second-order valence-corrected chi connectivity index (χ2v) is 6.84. The zero-order valence-corrected chi connectivity index (χ0v) is 16.3. The minimum Gasteiger partial charge on any atom is -0.497 e. The summed E-state index contributed by atoms with van der Waals surface area (Å²) in [5.74, 6) is 2.24. The van der Waals surface area contributed by atoms with Crippen LogP contribution in [0.25, 0.3) is 0 Å². The smallest absolute Gasteiger partial charge is 0.191 e. The Hall–Kier alpha value is -2.25. The zero-order valence-electron chi connectivity index (χ0n) is 15.5. The first-order valence-electron chi connectivity index (χ1n) is 8.60. The van der Waals surface area contributed by atoms with Crippen LogP contribution in [0.2, 0.25) is 0 Å². The molecule has 142 valence electrons. The van der Waals surface area contributed by atoms with Crippen LogP contribution < -0.4 is 20.1 Å². The van der Waals surface area contributed by atoms with Gasteiger partial charge in [-0.15, -0.1) is 11.3 Å². The summed E-state index contributed by atoms with van der Waals surface area (Å²) < 4.78 is 10.8. The fourth-order valence-electron chi connectivity index (χ4n) is 2.25. The Bertz CT molecular complexity index is 670. The molecule has 0 amide bonds. The largest absolute Gasteiger partial charge is 0.497 e. The van der Waals surface area contributed by atoms with Crippen LogP contribution in [0.1, 0.15) is 18.7 Å². The highest BCUT2D eigenvalue weighted by Crippen LogP contribution is 2.25. The van der Waals surface area contributed by atoms with Crippen molar-refractivity contribution in [3.63, 3.8) is 0 Å². The Morgan fingerprint density at radius 3 is 2.54 bits per heavy atom. The maximum Gasteiger partial charge on any atom is 0.191 e. The first-order chi connectivity index (χ1) is 12.5. The number of nitrogens with zero attached hydrogens (tertiary/aromatic N) is 1. The SMILES string of the molecule is CCNC(=NCC(C)(O)c1cccs1)NCCOc1ccc(OC)cc1. The Balaban J connectivity index is 1.81. The van der Waals surface area contributed by atoms with Crippen LogP contribution in [0.3, 0.4) is 0 Å². The molecule has 2 rings (SSSR count). The molecule has 3 N–H and O–H groups in total. The van der Waals surface area contributed by atoms with Gasteiger partial charge < -0.3 is 25.2 Å². The number of guanidine groups is 1. The molecule has 2 aromatic rings. The molecule has 1 atom stereocenters. The van der Waals surface area contributed by atoms with Crippen molar-refractivity contribution in [3.8, 4) is 11.5 Å². The van der Waals surface area contributed by atoms with Crippen molar-refractivity contribution in [2.24, 2.45) is 4.99 Å². The number of benzene rings is 1. The lowest BCUT2D eigenvalue weighted by molar-refractivity contribution is 0.0711. The van der Waals surface area contributed by atoms with Crippen LogP contribution in [-0.4, -0.2) is 44.4 Å². The Morgan fingerprint density at radius 1 is 1.19 bits per heavy atom. The third-order valence-electron chi connectivity index (χ3n) is 3.66. The molecule has 0 bridgehead atoms. The summed E-state index contributed by atoms with van der Waals surface area (Å²) in [5, 5.41) is 18.9. The van der Waals surface area contributed by atoms with Gasteiger partial charge >= 0.3 is 0 Å². The molecule has 1 aromatic heterocycles. The summed E-state index contributed by atoms with van der Waals surface area (Å²) >= 11 is 1.53. The summed E-state index contributed by atoms with van der Waals surface area (Å²) in [4.78, 5) is 5.39. The molecule has 1 heterocycles. The lowest BCUT2D eigenvalue weighted by Gasteiger charge is -2.20. The van der Waals surface area contributed by atoms with Crippen LogP contribution in [0.4, 0.5) is 0 Å². The molecule has 0 fully saturated rings. The van der Waals surface area contributed by atoms with E-state index in [-0.39, 0.29) is 6.54 Å². The predicted molar refractivity (Wildman–Crippen MR) is 106 cm³/mol. The number of aliphatic hydroxyl groups is 1. The zero-order chi connectivity index (χ0) is 18.8. The second kappa shape index (κ2) is 10.0. The minimum absolute atomic E-state index is 0.280. The van der Waals surface area contributed by atoms with Crippen molar-refractivity contribution in [1.29, 1.82) is 0 Å². The third kappa shape index (κ3) is 6.24. The van der Waals surface area contributed by atoms with Gasteiger partial charge in [0.1, 0.15) is 23.7 Å². The summed E-state index contributed by atoms with van der Waals surface area (Å²) in [6, 6.07) is 11.3. The van der Waals surface area contributed by atoms with Crippen molar-refractivity contribution in [2.45, 2.75) is 19.4 Å². The molecule has 0 aliphatic carbocycles. The van der Waals surface area contributed by atoms with Crippen molar-refractivity contribution >= 4 is 17.3 Å². The van der Waals surface area contributed by atoms with E-state index in [4.69, 9.17) is 9.47 Å². The van der Waals surface area contributed by atoms with Gasteiger partial charge in [0, 0.05) is 11.4 Å². The van der Waals surface area contributed by atoms with E-state index in [0.717, 1.165) is 22.9 Å². The van der Waals surface area contributed by atoms with Crippen LogP contribution in [0.5, 0.6) is 11.5 Å². The Labute approximate surface area is 158 Å². The van der Waals surface area contributed by atoms with Crippen LogP contribution in [0, 0.1) is 0 Å². The number of nitrogens with one attached hydrogen (secondary N) is 2. The monoisotopic (exact) mass is 377 g/mol. The van der Waals surface area contributed by atoms with Crippen LogP contribution >= 0.6 is 11.3 Å². The van der Waals surface area contributed by atoms with E-state index < -0.39 is 5.60 Å². The fraction of sp³-hybridized carbons (Fsp3) is 0.421. The lowest BCUT2D eigenvalue weighted by Crippen LogP contribution is -2.40. The molecule has 26 heavy (non-hydrogen) atoms. The van der Waals surface area contributed by atoms with Gasteiger partial charge in [0.2, 0.25) is 0 Å². The molecule has 6 nitrogen and oxygen atoms in total. The van der Waals surface area contributed by atoms with E-state index in [1.807, 2.05) is 48.7 Å². The van der Waals surface area contributed by atoms with Gasteiger partial charge in [-0.3, -0.25) is 0 Å². The number of thiophene rings is 1. The molecule has 0 aliphatic heterocycles. The molecule has 0 saturated heterocycles. The molecular weight excluding hydrogens is 350 g/mol. The van der Waals surface area contributed by atoms with E-state index in [0.29, 0.717) is 19.1 Å². The summed E-state index contributed by atoms with van der Waals surface area (Å²) in [7, 11) is 1.64. The molecule has 7 heteroatoms. The summed E-state index contributed by atoms with van der Waals surface area (Å²) in [6.45, 7) is 5.90. The topological polar surface area (TPSA) is 75.1 Å². The van der Waals surface area contributed by atoms with Crippen LogP contribution in [0.15, 0.2) is 46.8 Å². The first kappa shape index (κ1) is 20.1. The number of hydrogen-bond donors (Lipinski definition) is 3. The normalized spacial score (nSPS) is 13.8.